The Morgan fingerprint density at radius 2 is 2.07 bits per heavy atom. The second-order valence-corrected chi connectivity index (χ2v) is 7.39. The van der Waals surface area contributed by atoms with Crippen molar-refractivity contribution in [3.8, 4) is 0 Å². The van der Waals surface area contributed by atoms with Gasteiger partial charge in [0.15, 0.2) is 0 Å². The lowest BCUT2D eigenvalue weighted by molar-refractivity contribution is 0.257. The Balaban J connectivity index is 1.41. The fourth-order valence-electron chi connectivity index (χ4n) is 4.12. The largest absolute Gasteiger partial charge is 0.369 e. The predicted octanol–water partition coefficient (Wildman–Crippen LogP) is 2.11. The Kier molecular flexibility index (Phi) is 4.31. The van der Waals surface area contributed by atoms with Crippen molar-refractivity contribution < 1.29 is 9.18 Å². The van der Waals surface area contributed by atoms with E-state index in [0.29, 0.717) is 17.9 Å². The molecule has 150 valence electrons. The van der Waals surface area contributed by atoms with E-state index in [9.17, 15) is 9.18 Å². The Hall–Kier alpha value is -3.20. The van der Waals surface area contributed by atoms with E-state index in [2.05, 4.69) is 25.6 Å². The highest BCUT2D eigenvalue weighted by Gasteiger charge is 2.30. The third-order valence-electron chi connectivity index (χ3n) is 5.50. The molecular weight excluding hydrogens is 373 g/mol. The Labute approximate surface area is 167 Å². The van der Waals surface area contributed by atoms with Crippen molar-refractivity contribution in [2.45, 2.75) is 6.42 Å². The third-order valence-corrected chi connectivity index (χ3v) is 5.50. The number of anilines is 3. The number of hydrogen-bond acceptors (Lipinski definition) is 5. The zero-order valence-electron chi connectivity index (χ0n) is 16.2. The Bertz CT molecular complexity index is 1090. The van der Waals surface area contributed by atoms with E-state index >= 15 is 0 Å². The van der Waals surface area contributed by atoms with Crippen LogP contribution in [0.2, 0.25) is 0 Å². The van der Waals surface area contributed by atoms with Crippen LogP contribution < -0.4 is 20.4 Å². The minimum Gasteiger partial charge on any atom is -0.369 e. The monoisotopic (exact) mass is 395 g/mol. The molecule has 4 heterocycles. The SMILES string of the molecule is Cn1cc2cc(NC(=O)N3CCc4c(N5CCNCC5)ccnc43)c(F)cc2n1. The predicted molar refractivity (Wildman–Crippen MR) is 110 cm³/mol. The Morgan fingerprint density at radius 3 is 2.90 bits per heavy atom. The third kappa shape index (κ3) is 3.17. The molecule has 2 amide bonds. The number of piperazine rings is 1. The minimum absolute atomic E-state index is 0.141. The van der Waals surface area contributed by atoms with E-state index in [1.807, 2.05) is 6.07 Å². The molecule has 1 fully saturated rings. The number of nitrogens with zero attached hydrogens (tertiary/aromatic N) is 5. The molecule has 9 heteroatoms. The van der Waals surface area contributed by atoms with Gasteiger partial charge in [0.1, 0.15) is 11.6 Å². The molecule has 0 radical (unpaired) electrons. The van der Waals surface area contributed by atoms with Crippen LogP contribution in [0.3, 0.4) is 0 Å². The van der Waals surface area contributed by atoms with Crippen LogP contribution in [0.5, 0.6) is 0 Å². The van der Waals surface area contributed by atoms with Crippen LogP contribution in [0.4, 0.5) is 26.4 Å². The fourth-order valence-corrected chi connectivity index (χ4v) is 4.12. The summed E-state index contributed by atoms with van der Waals surface area (Å²) in [5.41, 5.74) is 2.90. The van der Waals surface area contributed by atoms with Gasteiger partial charge in [-0.1, -0.05) is 0 Å². The summed E-state index contributed by atoms with van der Waals surface area (Å²) in [5, 5.41) is 11.0. The molecule has 2 N–H and O–H groups in total. The van der Waals surface area contributed by atoms with Gasteiger partial charge in [-0.2, -0.15) is 5.10 Å². The number of pyridine rings is 1. The highest BCUT2D eigenvalue weighted by molar-refractivity contribution is 6.04. The lowest BCUT2D eigenvalue weighted by Crippen LogP contribution is -2.43. The van der Waals surface area contributed by atoms with E-state index in [1.54, 1.807) is 35.1 Å². The van der Waals surface area contributed by atoms with E-state index in [0.717, 1.165) is 49.2 Å². The van der Waals surface area contributed by atoms with E-state index in [4.69, 9.17) is 0 Å². The zero-order valence-corrected chi connectivity index (χ0v) is 16.2. The van der Waals surface area contributed by atoms with Crippen LogP contribution in [-0.4, -0.2) is 53.5 Å². The summed E-state index contributed by atoms with van der Waals surface area (Å²) in [6, 6.07) is 4.58. The first-order valence-electron chi connectivity index (χ1n) is 9.75. The summed E-state index contributed by atoms with van der Waals surface area (Å²) in [5.74, 6) is 0.146. The molecular formula is C20H22FN7O. The first kappa shape index (κ1) is 17.9. The van der Waals surface area contributed by atoms with Gasteiger partial charge in [-0.3, -0.25) is 9.58 Å². The maximum Gasteiger partial charge on any atom is 0.327 e. The van der Waals surface area contributed by atoms with Crippen LogP contribution in [-0.2, 0) is 13.5 Å². The van der Waals surface area contributed by atoms with Crippen LogP contribution in [0.15, 0.2) is 30.6 Å². The van der Waals surface area contributed by atoms with Gasteiger partial charge >= 0.3 is 6.03 Å². The number of carbonyl (C=O) groups is 1. The number of aromatic nitrogens is 3. The molecule has 2 aromatic heterocycles. The quantitative estimate of drug-likeness (QED) is 0.695. The number of fused-ring (bicyclic) bond motifs is 2. The molecule has 2 aliphatic rings. The van der Waals surface area contributed by atoms with Crippen LogP contribution in [0, 0.1) is 5.82 Å². The number of aryl methyl sites for hydroxylation is 1. The lowest BCUT2D eigenvalue weighted by Gasteiger charge is -2.31. The summed E-state index contributed by atoms with van der Waals surface area (Å²) >= 11 is 0. The summed E-state index contributed by atoms with van der Waals surface area (Å²) in [4.78, 5) is 21.3. The van der Waals surface area contributed by atoms with Crippen molar-refractivity contribution in [3.05, 3.63) is 42.0 Å². The van der Waals surface area contributed by atoms with Gasteiger partial charge in [-0.15, -0.1) is 0 Å². The highest BCUT2D eigenvalue weighted by Crippen LogP contribution is 2.34. The number of carbonyl (C=O) groups excluding carboxylic acids is 1. The number of hydrogen-bond donors (Lipinski definition) is 2. The maximum absolute atomic E-state index is 14.5. The molecule has 1 saturated heterocycles. The number of rotatable bonds is 2. The highest BCUT2D eigenvalue weighted by atomic mass is 19.1. The lowest BCUT2D eigenvalue weighted by atomic mass is 10.1. The second-order valence-electron chi connectivity index (χ2n) is 7.39. The number of amides is 2. The molecule has 2 aliphatic heterocycles. The van der Waals surface area contributed by atoms with Crippen molar-refractivity contribution in [2.24, 2.45) is 7.05 Å². The zero-order chi connectivity index (χ0) is 20.0. The molecule has 3 aromatic rings. The Morgan fingerprint density at radius 1 is 1.24 bits per heavy atom. The topological polar surface area (TPSA) is 78.3 Å². The van der Waals surface area contributed by atoms with E-state index in [1.165, 1.54) is 6.07 Å². The van der Waals surface area contributed by atoms with Crippen molar-refractivity contribution >= 4 is 34.1 Å². The van der Waals surface area contributed by atoms with Crippen molar-refractivity contribution in [1.82, 2.24) is 20.1 Å². The van der Waals surface area contributed by atoms with Gasteiger partial charge in [0.2, 0.25) is 0 Å². The fraction of sp³-hybridized carbons (Fsp3) is 0.350. The molecule has 0 bridgehead atoms. The molecule has 0 unspecified atom stereocenters. The molecule has 29 heavy (non-hydrogen) atoms. The minimum atomic E-state index is -0.508. The van der Waals surface area contributed by atoms with Crippen molar-refractivity contribution in [3.63, 3.8) is 0 Å². The number of nitrogens with one attached hydrogen (secondary N) is 2. The van der Waals surface area contributed by atoms with Crippen molar-refractivity contribution in [2.75, 3.05) is 47.8 Å². The first-order valence-corrected chi connectivity index (χ1v) is 9.75. The molecule has 0 aliphatic carbocycles. The summed E-state index contributed by atoms with van der Waals surface area (Å²) in [7, 11) is 1.78. The first-order chi connectivity index (χ1) is 14.1. The van der Waals surface area contributed by atoms with E-state index in [-0.39, 0.29) is 11.7 Å². The number of urea groups is 1. The number of halogens is 1. The van der Waals surface area contributed by atoms with E-state index < -0.39 is 5.82 Å². The van der Waals surface area contributed by atoms with Gasteiger partial charge in [0.25, 0.3) is 0 Å². The summed E-state index contributed by atoms with van der Waals surface area (Å²) < 4.78 is 16.1. The molecule has 0 saturated carbocycles. The molecule has 5 rings (SSSR count). The summed E-state index contributed by atoms with van der Waals surface area (Å²) in [6.07, 6.45) is 4.26. The van der Waals surface area contributed by atoms with Crippen LogP contribution >= 0.6 is 0 Å². The number of benzene rings is 1. The average molecular weight is 395 g/mol. The van der Waals surface area contributed by atoms with Crippen LogP contribution in [0.25, 0.3) is 10.9 Å². The normalized spacial score (nSPS) is 16.3. The van der Waals surface area contributed by atoms with Crippen molar-refractivity contribution in [1.29, 1.82) is 0 Å². The molecule has 0 spiro atoms. The molecule has 8 nitrogen and oxygen atoms in total. The van der Waals surface area contributed by atoms with Crippen LogP contribution in [0.1, 0.15) is 5.56 Å². The molecule has 1 aromatic carbocycles. The van der Waals surface area contributed by atoms with Gasteiger partial charge in [-0.25, -0.2) is 14.2 Å². The smallest absolute Gasteiger partial charge is 0.327 e. The van der Waals surface area contributed by atoms with Gasteiger partial charge in [-0.05, 0) is 18.6 Å². The standard InChI is InChI=1S/C20H22FN7O/c1-26-12-13-10-17(15(21)11-16(13)25-26)24-20(29)28-7-3-14-18(2-4-23-19(14)28)27-8-5-22-6-9-27/h2,4,10-12,22H,3,5-9H2,1H3,(H,24,29). The van der Waals surface area contributed by atoms with Gasteiger partial charge < -0.3 is 15.5 Å². The maximum atomic E-state index is 14.5. The average Bonchev–Trinajstić information content (AvgIpc) is 3.31. The van der Waals surface area contributed by atoms with Gasteiger partial charge in [0.05, 0.1) is 11.2 Å². The summed E-state index contributed by atoms with van der Waals surface area (Å²) in [6.45, 7) is 4.26. The van der Waals surface area contributed by atoms with Gasteiger partial charge in [0, 0.05) is 74.9 Å². The second kappa shape index (κ2) is 7.00. The molecule has 0 atom stereocenters.